The Balaban J connectivity index is 1.84. The lowest BCUT2D eigenvalue weighted by Gasteiger charge is -2.19. The lowest BCUT2D eigenvalue weighted by atomic mass is 10.0. The molecule has 1 amide bonds. The smallest absolute Gasteiger partial charge is 0.323 e. The molecule has 38 heavy (non-hydrogen) atoms. The number of aliphatic carboxylic acids is 1. The number of rotatable bonds is 13. The Morgan fingerprint density at radius 3 is 2.45 bits per heavy atom. The van der Waals surface area contributed by atoms with Gasteiger partial charge in [0.25, 0.3) is 5.91 Å². The highest BCUT2D eigenvalue weighted by Crippen LogP contribution is 2.35. The molecule has 0 radical (unpaired) electrons. The van der Waals surface area contributed by atoms with Crippen LogP contribution in [0.5, 0.6) is 11.5 Å². The molecule has 0 aromatic heterocycles. The van der Waals surface area contributed by atoms with Gasteiger partial charge in [0.05, 0.1) is 18.7 Å². The number of benzene rings is 3. The van der Waals surface area contributed by atoms with Gasteiger partial charge in [0, 0.05) is 35.3 Å². The summed E-state index contributed by atoms with van der Waals surface area (Å²) in [5.74, 6) is -1.08. The zero-order valence-corrected chi connectivity index (χ0v) is 23.2. The first kappa shape index (κ1) is 29.4. The summed E-state index contributed by atoms with van der Waals surface area (Å²) >= 11 is 10.2. The number of halogens is 2. The fourth-order valence-corrected chi connectivity index (χ4v) is 4.29. The molecule has 3 N–H and O–H groups in total. The molecule has 9 nitrogen and oxygen atoms in total. The van der Waals surface area contributed by atoms with Crippen LogP contribution in [0.15, 0.2) is 65.1 Å². The predicted octanol–water partition coefficient (Wildman–Crippen LogP) is 4.28. The summed E-state index contributed by atoms with van der Waals surface area (Å²) in [6, 6.07) is 17.7. The fourth-order valence-electron chi connectivity index (χ4n) is 3.44. The quantitative estimate of drug-likeness (QED) is 0.247. The average molecular weight is 608 g/mol. The number of amides is 1. The average Bonchev–Trinajstić information content (AvgIpc) is 2.92. The van der Waals surface area contributed by atoms with Gasteiger partial charge < -0.3 is 19.7 Å². The number of aliphatic hydroxyl groups is 1. The summed E-state index contributed by atoms with van der Waals surface area (Å²) in [5, 5.41) is 22.5. The third kappa shape index (κ3) is 7.68. The third-order valence-electron chi connectivity index (χ3n) is 5.66. The van der Waals surface area contributed by atoms with E-state index < -0.39 is 24.5 Å². The molecule has 0 spiro atoms. The number of carboxylic acid groups (broad SMARTS) is 1. The van der Waals surface area contributed by atoms with Crippen LogP contribution in [0.1, 0.15) is 11.1 Å². The zero-order chi connectivity index (χ0) is 27.7. The van der Waals surface area contributed by atoms with Crippen LogP contribution in [-0.2, 0) is 27.6 Å². The molecule has 3 rings (SSSR count). The molecule has 0 bridgehead atoms. The summed E-state index contributed by atoms with van der Waals surface area (Å²) in [6.45, 7) is -0.749. The first-order chi connectivity index (χ1) is 18.2. The van der Waals surface area contributed by atoms with Crippen molar-refractivity contribution < 1.29 is 34.1 Å². The molecule has 0 aliphatic carbocycles. The molecule has 202 valence electrons. The van der Waals surface area contributed by atoms with E-state index in [2.05, 4.69) is 21.2 Å². The number of likely N-dealkylation sites (N-methyl/N-ethyl adjacent to an activating group) is 1. The van der Waals surface area contributed by atoms with Gasteiger partial charge in [0.15, 0.2) is 6.61 Å². The molecular formula is C27H28BrClN2O7. The summed E-state index contributed by atoms with van der Waals surface area (Å²) in [6.07, 6.45) is 0. The minimum atomic E-state index is -1.21. The van der Waals surface area contributed by atoms with Crippen LogP contribution in [0.2, 0.25) is 5.02 Å². The van der Waals surface area contributed by atoms with Crippen LogP contribution >= 0.6 is 27.5 Å². The molecule has 11 heteroatoms. The molecule has 1 atom stereocenters. The molecule has 0 heterocycles. The van der Waals surface area contributed by atoms with Crippen LogP contribution in [0, 0.1) is 0 Å². The number of nitrogens with one attached hydrogen (secondary N) is 1. The highest BCUT2D eigenvalue weighted by molar-refractivity contribution is 9.10. The topological polar surface area (TPSA) is 118 Å². The first-order valence-electron chi connectivity index (χ1n) is 11.5. The van der Waals surface area contributed by atoms with E-state index in [0.717, 1.165) is 26.2 Å². The Morgan fingerprint density at radius 1 is 1.05 bits per heavy atom. The highest BCUT2D eigenvalue weighted by atomic mass is 79.9. The Hall–Kier alpha value is -3.15. The van der Waals surface area contributed by atoms with Crippen LogP contribution in [0.3, 0.4) is 0 Å². The number of carbonyl (C=O) groups excluding carboxylic acids is 1. The van der Waals surface area contributed by atoms with Gasteiger partial charge in [-0.05, 0) is 33.1 Å². The van der Waals surface area contributed by atoms with Crippen molar-refractivity contribution in [3.05, 3.63) is 81.3 Å². The second kappa shape index (κ2) is 14.1. The lowest BCUT2D eigenvalue weighted by molar-refractivity contribution is -0.170. The zero-order valence-electron chi connectivity index (χ0n) is 20.8. The lowest BCUT2D eigenvalue weighted by Crippen LogP contribution is -2.39. The van der Waals surface area contributed by atoms with E-state index in [1.165, 1.54) is 14.2 Å². The van der Waals surface area contributed by atoms with E-state index in [1.807, 2.05) is 48.5 Å². The third-order valence-corrected chi connectivity index (χ3v) is 6.89. The van der Waals surface area contributed by atoms with Crippen molar-refractivity contribution in [3.63, 3.8) is 0 Å². The van der Waals surface area contributed by atoms with Crippen molar-refractivity contribution in [2.45, 2.75) is 19.2 Å². The normalized spacial score (nSPS) is 11.6. The van der Waals surface area contributed by atoms with Gasteiger partial charge in [-0.1, -0.05) is 60.1 Å². The van der Waals surface area contributed by atoms with Crippen molar-refractivity contribution in [2.24, 2.45) is 0 Å². The predicted molar refractivity (Wildman–Crippen MR) is 146 cm³/mol. The minimum absolute atomic E-state index is 0.00579. The Morgan fingerprint density at radius 2 is 1.79 bits per heavy atom. The Bertz CT molecular complexity index is 1260. The number of hydrogen-bond donors (Lipinski definition) is 3. The molecule has 0 aliphatic heterocycles. The van der Waals surface area contributed by atoms with Crippen LogP contribution in [0.25, 0.3) is 11.1 Å². The monoisotopic (exact) mass is 606 g/mol. The first-order valence-corrected chi connectivity index (χ1v) is 12.7. The number of carboxylic acids is 1. The number of nitrogens with zero attached hydrogens (tertiary/aromatic N) is 1. The number of aliphatic hydroxyl groups excluding tert-OH is 1. The van der Waals surface area contributed by atoms with Gasteiger partial charge in [-0.3, -0.25) is 19.7 Å². The van der Waals surface area contributed by atoms with Crippen molar-refractivity contribution >= 4 is 39.4 Å². The maximum Gasteiger partial charge on any atom is 0.323 e. The number of carbonyl (C=O) groups is 2. The SMILES string of the molecule is CON(C)C(=O)COc1cc(OCc2cccc(-c3ccccc3)c2Br)c(Cl)cc1CNC(CO)C(=O)O. The van der Waals surface area contributed by atoms with E-state index in [-0.39, 0.29) is 30.5 Å². The summed E-state index contributed by atoms with van der Waals surface area (Å²) in [5.41, 5.74) is 3.43. The molecular weight excluding hydrogens is 580 g/mol. The van der Waals surface area contributed by atoms with E-state index in [0.29, 0.717) is 11.3 Å². The van der Waals surface area contributed by atoms with Gasteiger partial charge in [0.2, 0.25) is 0 Å². The van der Waals surface area contributed by atoms with E-state index >= 15 is 0 Å². The molecule has 0 aliphatic rings. The van der Waals surface area contributed by atoms with Gasteiger partial charge in [-0.2, -0.15) is 0 Å². The van der Waals surface area contributed by atoms with Gasteiger partial charge >= 0.3 is 5.97 Å². The van der Waals surface area contributed by atoms with E-state index in [1.54, 1.807) is 12.1 Å². The van der Waals surface area contributed by atoms with Gasteiger partial charge in [-0.15, -0.1) is 0 Å². The van der Waals surface area contributed by atoms with E-state index in [4.69, 9.17) is 25.9 Å². The summed E-state index contributed by atoms with van der Waals surface area (Å²) < 4.78 is 12.6. The second-order valence-electron chi connectivity index (χ2n) is 8.14. The number of ether oxygens (including phenoxy) is 2. The highest BCUT2D eigenvalue weighted by Gasteiger charge is 2.19. The largest absolute Gasteiger partial charge is 0.487 e. The van der Waals surface area contributed by atoms with Crippen LogP contribution < -0.4 is 14.8 Å². The van der Waals surface area contributed by atoms with Crippen molar-refractivity contribution in [1.29, 1.82) is 0 Å². The number of hydrogen-bond acceptors (Lipinski definition) is 7. The maximum absolute atomic E-state index is 12.2. The molecule has 0 fully saturated rings. The van der Waals surface area contributed by atoms with Crippen LogP contribution in [0.4, 0.5) is 0 Å². The summed E-state index contributed by atoms with van der Waals surface area (Å²) in [7, 11) is 2.80. The summed E-state index contributed by atoms with van der Waals surface area (Å²) in [4.78, 5) is 28.4. The standard InChI is InChI=1S/C27H28BrClN2O7/c1-31(36-2)25(33)16-38-23-12-24(21(29)11-19(23)13-30-22(14-32)27(34)35)37-15-18-9-6-10-20(26(18)28)17-7-4-3-5-8-17/h3-12,22,30,32H,13-16H2,1-2H3,(H,34,35). The second-order valence-corrected chi connectivity index (χ2v) is 9.34. The Labute approximate surface area is 234 Å². The molecule has 3 aromatic rings. The Kier molecular flexibility index (Phi) is 10.9. The van der Waals surface area contributed by atoms with Crippen LogP contribution in [-0.4, -0.2) is 60.6 Å². The van der Waals surface area contributed by atoms with Crippen molar-refractivity contribution in [3.8, 4) is 22.6 Å². The minimum Gasteiger partial charge on any atom is -0.487 e. The molecule has 1 unspecified atom stereocenters. The van der Waals surface area contributed by atoms with Crippen molar-refractivity contribution in [2.75, 3.05) is 27.4 Å². The molecule has 0 saturated heterocycles. The van der Waals surface area contributed by atoms with Crippen molar-refractivity contribution in [1.82, 2.24) is 10.4 Å². The van der Waals surface area contributed by atoms with Gasteiger partial charge in [0.1, 0.15) is 24.1 Å². The fraction of sp³-hybridized carbons (Fsp3) is 0.259. The maximum atomic E-state index is 12.2. The number of hydroxylamine groups is 2. The van der Waals surface area contributed by atoms with Gasteiger partial charge in [-0.25, -0.2) is 5.06 Å². The van der Waals surface area contributed by atoms with E-state index in [9.17, 15) is 19.8 Å². The molecule has 0 saturated carbocycles. The molecule has 3 aromatic carbocycles.